The van der Waals surface area contributed by atoms with E-state index in [4.69, 9.17) is 0 Å². The molecule has 0 aromatic carbocycles. The van der Waals surface area contributed by atoms with E-state index in [0.29, 0.717) is 0 Å². The van der Waals surface area contributed by atoms with Crippen LogP contribution in [0.1, 0.15) is 34.6 Å². The molecule has 0 bridgehead atoms. The van der Waals surface area contributed by atoms with Gasteiger partial charge in [-0.05, 0) is 19.3 Å². The van der Waals surface area contributed by atoms with Gasteiger partial charge in [0, 0.05) is 25.7 Å². The van der Waals surface area contributed by atoms with Crippen LogP contribution in [0.25, 0.3) is 0 Å². The van der Waals surface area contributed by atoms with Crippen molar-refractivity contribution in [3.63, 3.8) is 0 Å². The molecule has 0 aliphatic heterocycles. The maximum Gasteiger partial charge on any atom is 0.315 e. The molecule has 23 heavy (non-hydrogen) atoms. The van der Waals surface area contributed by atoms with Gasteiger partial charge < -0.3 is 10.6 Å². The molecule has 0 fully saturated rings. The molecular formula is C14H26N4O3S2. The van der Waals surface area contributed by atoms with Crippen molar-refractivity contribution in [1.82, 2.24) is 19.9 Å². The van der Waals surface area contributed by atoms with Gasteiger partial charge in [-0.2, -0.15) is 4.31 Å². The summed E-state index contributed by atoms with van der Waals surface area (Å²) in [6.45, 7) is 9.79. The first-order valence-electron chi connectivity index (χ1n) is 7.36. The standard InChI is InChI=1S/C14H26N4O3S2/c1-10(2)16-13(19)17-11(14(3,4)5)8-18(6)23(20,21)12-7-15-9-22-12/h7,9-11H,8H2,1-6H3,(H2,16,17,19). The van der Waals surface area contributed by atoms with Crippen molar-refractivity contribution in [2.24, 2.45) is 5.41 Å². The molecule has 1 atom stereocenters. The van der Waals surface area contributed by atoms with Gasteiger partial charge in [-0.1, -0.05) is 20.8 Å². The molecule has 7 nitrogen and oxygen atoms in total. The average molecular weight is 363 g/mol. The molecule has 0 saturated carbocycles. The van der Waals surface area contributed by atoms with Crippen molar-refractivity contribution in [2.45, 2.75) is 50.9 Å². The minimum atomic E-state index is -3.59. The molecule has 0 radical (unpaired) electrons. The zero-order chi connectivity index (χ0) is 17.8. The predicted octanol–water partition coefficient (Wildman–Crippen LogP) is 1.89. The quantitative estimate of drug-likeness (QED) is 0.808. The topological polar surface area (TPSA) is 91.4 Å². The number of hydrogen-bond acceptors (Lipinski definition) is 5. The van der Waals surface area contributed by atoms with Gasteiger partial charge in [-0.25, -0.2) is 13.2 Å². The number of thiazole rings is 1. The molecular weight excluding hydrogens is 336 g/mol. The van der Waals surface area contributed by atoms with Gasteiger partial charge in [-0.15, -0.1) is 11.3 Å². The van der Waals surface area contributed by atoms with Crippen LogP contribution in [0.3, 0.4) is 0 Å². The summed E-state index contributed by atoms with van der Waals surface area (Å²) in [5.74, 6) is 0. The Balaban J connectivity index is 2.87. The Bertz CT molecular complexity index is 606. The maximum atomic E-state index is 12.5. The maximum absolute atomic E-state index is 12.5. The van der Waals surface area contributed by atoms with Crippen LogP contribution in [0.2, 0.25) is 0 Å². The molecule has 0 aliphatic carbocycles. The van der Waals surface area contributed by atoms with E-state index in [-0.39, 0.29) is 34.3 Å². The van der Waals surface area contributed by atoms with Gasteiger partial charge in [-0.3, -0.25) is 4.98 Å². The molecule has 0 aliphatic rings. The van der Waals surface area contributed by atoms with Gasteiger partial charge in [0.2, 0.25) is 0 Å². The lowest BCUT2D eigenvalue weighted by atomic mass is 9.87. The number of nitrogens with zero attached hydrogens (tertiary/aromatic N) is 2. The predicted molar refractivity (Wildman–Crippen MR) is 92.0 cm³/mol. The van der Waals surface area contributed by atoms with Crippen LogP contribution in [0.15, 0.2) is 15.9 Å². The third-order valence-electron chi connectivity index (χ3n) is 3.28. The first-order valence-corrected chi connectivity index (χ1v) is 9.68. The number of hydrogen-bond donors (Lipinski definition) is 2. The first-order chi connectivity index (χ1) is 10.4. The number of carbonyl (C=O) groups is 1. The van der Waals surface area contributed by atoms with Crippen molar-refractivity contribution in [1.29, 1.82) is 0 Å². The summed E-state index contributed by atoms with van der Waals surface area (Å²) >= 11 is 1.07. The molecule has 1 heterocycles. The van der Waals surface area contributed by atoms with Crippen LogP contribution in [0, 0.1) is 5.41 Å². The monoisotopic (exact) mass is 362 g/mol. The van der Waals surface area contributed by atoms with Crippen LogP contribution in [0.5, 0.6) is 0 Å². The molecule has 0 spiro atoms. The minimum Gasteiger partial charge on any atom is -0.336 e. The summed E-state index contributed by atoms with van der Waals surface area (Å²) in [4.78, 5) is 15.8. The summed E-state index contributed by atoms with van der Waals surface area (Å²) < 4.78 is 26.4. The molecule has 1 aromatic rings. The number of sulfonamides is 1. The molecule has 1 rings (SSSR count). The summed E-state index contributed by atoms with van der Waals surface area (Å²) in [5, 5.41) is 5.63. The molecule has 1 aromatic heterocycles. The highest BCUT2D eigenvalue weighted by Gasteiger charge is 2.32. The van der Waals surface area contributed by atoms with E-state index in [1.54, 1.807) is 0 Å². The second kappa shape index (κ2) is 7.59. The Hall–Kier alpha value is -1.19. The second-order valence-electron chi connectivity index (χ2n) is 6.80. The zero-order valence-electron chi connectivity index (χ0n) is 14.5. The van der Waals surface area contributed by atoms with E-state index in [1.807, 2.05) is 34.6 Å². The van der Waals surface area contributed by atoms with Crippen LogP contribution in [-0.4, -0.2) is 49.4 Å². The van der Waals surface area contributed by atoms with Gasteiger partial charge >= 0.3 is 6.03 Å². The number of likely N-dealkylation sites (N-methyl/N-ethyl adjacent to an activating group) is 1. The number of aromatic nitrogens is 1. The highest BCUT2D eigenvalue weighted by Crippen LogP contribution is 2.23. The summed E-state index contributed by atoms with van der Waals surface area (Å²) in [6, 6.07) is -0.633. The van der Waals surface area contributed by atoms with Crippen molar-refractivity contribution < 1.29 is 13.2 Å². The fourth-order valence-electron chi connectivity index (χ4n) is 1.84. The normalized spacial score (nSPS) is 14.1. The van der Waals surface area contributed by atoms with Gasteiger partial charge in [0.15, 0.2) is 4.21 Å². The number of rotatable bonds is 6. The third kappa shape index (κ3) is 5.74. The lowest BCUT2D eigenvalue weighted by Crippen LogP contribution is -2.54. The highest BCUT2D eigenvalue weighted by atomic mass is 32.2. The van der Waals surface area contributed by atoms with E-state index < -0.39 is 10.0 Å². The fraction of sp³-hybridized carbons (Fsp3) is 0.714. The van der Waals surface area contributed by atoms with Gasteiger partial charge in [0.05, 0.1) is 11.7 Å². The molecule has 2 amide bonds. The number of amides is 2. The molecule has 0 saturated heterocycles. The Kier molecular flexibility index (Phi) is 6.55. The van der Waals surface area contributed by atoms with Crippen molar-refractivity contribution in [3.05, 3.63) is 11.7 Å². The number of nitrogens with one attached hydrogen (secondary N) is 2. The van der Waals surface area contributed by atoms with E-state index in [9.17, 15) is 13.2 Å². The van der Waals surface area contributed by atoms with Crippen LogP contribution in [0.4, 0.5) is 4.79 Å². The van der Waals surface area contributed by atoms with E-state index in [1.165, 1.54) is 23.1 Å². The minimum absolute atomic E-state index is 0.00859. The van der Waals surface area contributed by atoms with Crippen molar-refractivity contribution in [3.8, 4) is 0 Å². The Morgan fingerprint density at radius 3 is 2.39 bits per heavy atom. The fourth-order valence-corrected chi connectivity index (χ4v) is 4.03. The molecule has 1 unspecified atom stereocenters. The van der Waals surface area contributed by atoms with E-state index >= 15 is 0 Å². The van der Waals surface area contributed by atoms with Crippen LogP contribution < -0.4 is 10.6 Å². The first kappa shape index (κ1) is 19.9. The molecule has 132 valence electrons. The van der Waals surface area contributed by atoms with Crippen LogP contribution >= 0.6 is 11.3 Å². The van der Waals surface area contributed by atoms with E-state index in [0.717, 1.165) is 11.3 Å². The summed E-state index contributed by atoms with van der Waals surface area (Å²) in [6.07, 6.45) is 1.33. The number of carbonyl (C=O) groups excluding carboxylic acids is 1. The third-order valence-corrected chi connectivity index (χ3v) is 6.35. The lowest BCUT2D eigenvalue weighted by molar-refractivity contribution is 0.205. The van der Waals surface area contributed by atoms with Crippen LogP contribution in [-0.2, 0) is 10.0 Å². The highest BCUT2D eigenvalue weighted by molar-refractivity contribution is 7.91. The Morgan fingerprint density at radius 2 is 1.96 bits per heavy atom. The summed E-state index contributed by atoms with van der Waals surface area (Å²) in [5.41, 5.74) is 1.18. The SMILES string of the molecule is CC(C)NC(=O)NC(CN(C)S(=O)(=O)c1cncs1)C(C)(C)C. The molecule has 2 N–H and O–H groups in total. The number of urea groups is 1. The van der Waals surface area contributed by atoms with E-state index in [2.05, 4.69) is 15.6 Å². The van der Waals surface area contributed by atoms with Crippen molar-refractivity contribution in [2.75, 3.05) is 13.6 Å². The second-order valence-corrected chi connectivity index (χ2v) is 9.96. The Labute approximate surface area is 142 Å². The lowest BCUT2D eigenvalue weighted by Gasteiger charge is -2.34. The van der Waals surface area contributed by atoms with Gasteiger partial charge in [0.25, 0.3) is 10.0 Å². The summed E-state index contributed by atoms with van der Waals surface area (Å²) in [7, 11) is -2.08. The smallest absolute Gasteiger partial charge is 0.315 e. The largest absolute Gasteiger partial charge is 0.336 e. The molecule has 9 heteroatoms. The van der Waals surface area contributed by atoms with Gasteiger partial charge in [0.1, 0.15) is 0 Å². The average Bonchev–Trinajstić information content (AvgIpc) is 2.89. The zero-order valence-corrected chi connectivity index (χ0v) is 16.1. The van der Waals surface area contributed by atoms with Crippen molar-refractivity contribution >= 4 is 27.4 Å². The Morgan fingerprint density at radius 1 is 1.35 bits per heavy atom.